The summed E-state index contributed by atoms with van der Waals surface area (Å²) in [6.07, 6.45) is 1.72. The predicted molar refractivity (Wildman–Crippen MR) is 80.4 cm³/mol. The molecule has 0 amide bonds. The molecule has 2 nitrogen and oxygen atoms in total. The van der Waals surface area contributed by atoms with Gasteiger partial charge in [0.1, 0.15) is 5.15 Å². The number of hydrogen-bond acceptors (Lipinski definition) is 3. The van der Waals surface area contributed by atoms with Crippen LogP contribution in [0.15, 0.2) is 18.3 Å². The van der Waals surface area contributed by atoms with Crippen LogP contribution in [0, 0.1) is 6.92 Å². The highest BCUT2D eigenvalue weighted by atomic mass is 35.5. The molecule has 96 valence electrons. The number of aryl methyl sites for hydroxylation is 1. The molecule has 0 spiro atoms. The number of pyridine rings is 1. The molecule has 2 aromatic rings. The number of nitrogens with zero attached hydrogens (tertiary/aromatic N) is 1. The number of anilines is 1. The lowest BCUT2D eigenvalue weighted by atomic mass is 10.1. The molecule has 0 aliphatic heterocycles. The van der Waals surface area contributed by atoms with Crippen molar-refractivity contribution < 1.29 is 0 Å². The highest BCUT2D eigenvalue weighted by molar-refractivity contribution is 7.20. The lowest BCUT2D eigenvalue weighted by Gasteiger charge is -2.16. The van der Waals surface area contributed by atoms with E-state index >= 15 is 0 Å². The summed E-state index contributed by atoms with van der Waals surface area (Å²) >= 11 is 19.3. The van der Waals surface area contributed by atoms with Gasteiger partial charge in [0, 0.05) is 5.56 Å². The van der Waals surface area contributed by atoms with Gasteiger partial charge in [-0.15, -0.1) is 11.3 Å². The van der Waals surface area contributed by atoms with Gasteiger partial charge in [-0.3, -0.25) is 0 Å². The first-order chi connectivity index (χ1) is 8.47. The second kappa shape index (κ2) is 5.66. The SMILES string of the molecule is Cc1cc(Cl)ncc1NC(C)c1cc(Cl)sc1Cl. The summed E-state index contributed by atoms with van der Waals surface area (Å²) in [5.74, 6) is 0. The molecule has 2 aromatic heterocycles. The Balaban J connectivity index is 2.21. The summed E-state index contributed by atoms with van der Waals surface area (Å²) in [6.45, 7) is 4.00. The zero-order valence-corrected chi connectivity index (χ0v) is 12.9. The minimum atomic E-state index is 0.0583. The Hall–Kier alpha value is -0.480. The van der Waals surface area contributed by atoms with E-state index in [0.29, 0.717) is 13.8 Å². The minimum absolute atomic E-state index is 0.0583. The van der Waals surface area contributed by atoms with Crippen molar-refractivity contribution in [3.63, 3.8) is 0 Å². The third-order valence-corrected chi connectivity index (χ3v) is 4.32. The maximum absolute atomic E-state index is 6.13. The van der Waals surface area contributed by atoms with Crippen molar-refractivity contribution in [3.05, 3.63) is 43.3 Å². The van der Waals surface area contributed by atoms with Crippen LogP contribution in [0.3, 0.4) is 0 Å². The largest absolute Gasteiger partial charge is 0.377 e. The normalized spacial score (nSPS) is 12.5. The molecule has 1 atom stereocenters. The quantitative estimate of drug-likeness (QED) is 0.746. The topological polar surface area (TPSA) is 24.9 Å². The van der Waals surface area contributed by atoms with Crippen LogP contribution >= 0.6 is 46.1 Å². The zero-order chi connectivity index (χ0) is 13.3. The summed E-state index contributed by atoms with van der Waals surface area (Å²) in [4.78, 5) is 4.06. The lowest BCUT2D eigenvalue weighted by Crippen LogP contribution is -2.07. The first-order valence-electron chi connectivity index (χ1n) is 5.31. The van der Waals surface area contributed by atoms with Gasteiger partial charge in [-0.2, -0.15) is 0 Å². The maximum atomic E-state index is 6.13. The van der Waals surface area contributed by atoms with E-state index in [1.165, 1.54) is 11.3 Å². The van der Waals surface area contributed by atoms with Crippen LogP contribution < -0.4 is 5.32 Å². The van der Waals surface area contributed by atoms with Gasteiger partial charge < -0.3 is 5.32 Å². The van der Waals surface area contributed by atoms with Gasteiger partial charge in [-0.1, -0.05) is 34.8 Å². The summed E-state index contributed by atoms with van der Waals surface area (Å²) < 4.78 is 1.40. The van der Waals surface area contributed by atoms with Crippen molar-refractivity contribution in [2.24, 2.45) is 0 Å². The molecule has 0 fully saturated rings. The van der Waals surface area contributed by atoms with E-state index in [-0.39, 0.29) is 6.04 Å². The van der Waals surface area contributed by atoms with E-state index in [2.05, 4.69) is 10.3 Å². The molecule has 0 bridgehead atoms. The van der Waals surface area contributed by atoms with Gasteiger partial charge >= 0.3 is 0 Å². The summed E-state index contributed by atoms with van der Waals surface area (Å²) in [6, 6.07) is 3.76. The van der Waals surface area contributed by atoms with Crippen LogP contribution in [0.1, 0.15) is 24.1 Å². The van der Waals surface area contributed by atoms with Crippen molar-refractivity contribution in [2.45, 2.75) is 19.9 Å². The molecule has 6 heteroatoms. The average molecular weight is 322 g/mol. The molecule has 0 saturated carbocycles. The molecule has 1 N–H and O–H groups in total. The van der Waals surface area contributed by atoms with E-state index in [4.69, 9.17) is 34.8 Å². The Labute approximate surface area is 125 Å². The molecular formula is C12H11Cl3N2S. The number of halogens is 3. The summed E-state index contributed by atoms with van der Waals surface area (Å²) in [7, 11) is 0. The number of hydrogen-bond donors (Lipinski definition) is 1. The Kier molecular flexibility index (Phi) is 4.38. The van der Waals surface area contributed by atoms with Gasteiger partial charge in [0.05, 0.1) is 26.6 Å². The number of thiophene rings is 1. The Morgan fingerprint density at radius 2 is 2.00 bits per heavy atom. The van der Waals surface area contributed by atoms with E-state index in [0.717, 1.165) is 16.8 Å². The highest BCUT2D eigenvalue weighted by Gasteiger charge is 2.14. The number of rotatable bonds is 3. The van der Waals surface area contributed by atoms with Crippen molar-refractivity contribution in [1.82, 2.24) is 4.98 Å². The number of aromatic nitrogens is 1. The van der Waals surface area contributed by atoms with E-state index in [1.54, 1.807) is 6.20 Å². The fourth-order valence-corrected chi connectivity index (χ4v) is 3.49. The third-order valence-electron chi connectivity index (χ3n) is 2.60. The van der Waals surface area contributed by atoms with E-state index in [1.807, 2.05) is 26.0 Å². The Morgan fingerprint density at radius 3 is 2.56 bits per heavy atom. The van der Waals surface area contributed by atoms with E-state index < -0.39 is 0 Å². The summed E-state index contributed by atoms with van der Waals surface area (Å²) in [5.41, 5.74) is 2.96. The fourth-order valence-electron chi connectivity index (χ4n) is 1.63. The molecule has 0 aliphatic rings. The Bertz CT molecular complexity index is 568. The van der Waals surface area contributed by atoms with Crippen molar-refractivity contribution in [1.29, 1.82) is 0 Å². The average Bonchev–Trinajstić information content (AvgIpc) is 2.62. The first-order valence-corrected chi connectivity index (χ1v) is 7.26. The lowest BCUT2D eigenvalue weighted by molar-refractivity contribution is 0.886. The fraction of sp³-hybridized carbons (Fsp3) is 0.250. The van der Waals surface area contributed by atoms with Crippen molar-refractivity contribution in [2.75, 3.05) is 5.32 Å². The molecule has 0 aromatic carbocycles. The molecule has 0 radical (unpaired) electrons. The van der Waals surface area contributed by atoms with Crippen LogP contribution in [0.4, 0.5) is 5.69 Å². The molecule has 2 rings (SSSR count). The third kappa shape index (κ3) is 3.09. The van der Waals surface area contributed by atoms with Gasteiger partial charge in [0.2, 0.25) is 0 Å². The molecule has 1 unspecified atom stereocenters. The standard InChI is InChI=1S/C12H11Cl3N2S/c1-6-3-10(13)16-5-9(6)17-7(2)8-4-11(14)18-12(8)15/h3-5,7,17H,1-2H3. The second-order valence-electron chi connectivity index (χ2n) is 3.97. The molecule has 18 heavy (non-hydrogen) atoms. The van der Waals surface area contributed by atoms with Crippen molar-refractivity contribution >= 4 is 51.8 Å². The van der Waals surface area contributed by atoms with Gasteiger partial charge in [0.15, 0.2) is 0 Å². The predicted octanol–water partition coefficient (Wildman–Crippen LogP) is 5.58. The minimum Gasteiger partial charge on any atom is -0.377 e. The van der Waals surface area contributed by atoms with Crippen LogP contribution in [0.5, 0.6) is 0 Å². The molecular weight excluding hydrogens is 311 g/mol. The second-order valence-corrected chi connectivity index (χ2v) is 6.64. The molecule has 0 saturated heterocycles. The molecule has 0 aliphatic carbocycles. The van der Waals surface area contributed by atoms with Crippen molar-refractivity contribution in [3.8, 4) is 0 Å². The molecule has 2 heterocycles. The Morgan fingerprint density at radius 1 is 1.28 bits per heavy atom. The van der Waals surface area contributed by atoms with Crippen LogP contribution in [0.25, 0.3) is 0 Å². The first kappa shape index (κ1) is 13.9. The van der Waals surface area contributed by atoms with Gasteiger partial charge in [-0.25, -0.2) is 4.98 Å². The van der Waals surface area contributed by atoms with Crippen LogP contribution in [-0.2, 0) is 0 Å². The van der Waals surface area contributed by atoms with Crippen LogP contribution in [0.2, 0.25) is 13.8 Å². The van der Waals surface area contributed by atoms with Gasteiger partial charge in [0.25, 0.3) is 0 Å². The zero-order valence-electron chi connectivity index (χ0n) is 9.80. The van der Waals surface area contributed by atoms with Crippen LogP contribution in [-0.4, -0.2) is 4.98 Å². The number of nitrogens with one attached hydrogen (secondary N) is 1. The highest BCUT2D eigenvalue weighted by Crippen LogP contribution is 2.36. The smallest absolute Gasteiger partial charge is 0.129 e. The van der Waals surface area contributed by atoms with Gasteiger partial charge in [-0.05, 0) is 31.5 Å². The van der Waals surface area contributed by atoms with E-state index in [9.17, 15) is 0 Å². The monoisotopic (exact) mass is 320 g/mol. The maximum Gasteiger partial charge on any atom is 0.129 e. The summed E-state index contributed by atoms with van der Waals surface area (Å²) in [5, 5.41) is 3.84.